The first-order valence-corrected chi connectivity index (χ1v) is 13.3. The van der Waals surface area contributed by atoms with Crippen molar-refractivity contribution >= 4 is 0 Å². The number of fused-ring (bicyclic) bond motifs is 3. The number of rotatable bonds is 9. The minimum atomic E-state index is -0.511. The van der Waals surface area contributed by atoms with Gasteiger partial charge in [-0.25, -0.2) is 0 Å². The van der Waals surface area contributed by atoms with Crippen molar-refractivity contribution in [1.82, 2.24) is 0 Å². The summed E-state index contributed by atoms with van der Waals surface area (Å²) >= 11 is 0. The van der Waals surface area contributed by atoms with Crippen LogP contribution in [0.2, 0.25) is 0 Å². The molecule has 2 heteroatoms. The Balaban J connectivity index is 1.61. The zero-order valence-electron chi connectivity index (χ0n) is 20.6. The standard InChI is InChI=1S/C28H50O2/c1-6-22(28(5,30)17-8-9-20(2)3)13-12-21-10-7-11-26-25(21)15-14-23-19-24(29)16-18-27(23,26)4/h14,20-22,24-26,29-30H,6-13,15-19H2,1-5H3/t21-,22+,24-,25-,26-,27-,28?/m0/s1. The van der Waals surface area contributed by atoms with Crippen LogP contribution < -0.4 is 0 Å². The van der Waals surface area contributed by atoms with E-state index in [2.05, 4.69) is 40.7 Å². The summed E-state index contributed by atoms with van der Waals surface area (Å²) in [4.78, 5) is 0. The molecule has 0 amide bonds. The van der Waals surface area contributed by atoms with Crippen LogP contribution in [0.25, 0.3) is 0 Å². The molecule has 0 aromatic rings. The van der Waals surface area contributed by atoms with Crippen molar-refractivity contribution in [2.75, 3.05) is 0 Å². The van der Waals surface area contributed by atoms with E-state index in [1.807, 2.05) is 0 Å². The molecule has 2 nitrogen and oxygen atoms in total. The lowest BCUT2D eigenvalue weighted by atomic mass is 9.51. The lowest BCUT2D eigenvalue weighted by Crippen LogP contribution is -2.46. The highest BCUT2D eigenvalue weighted by Gasteiger charge is 2.49. The molecule has 2 fully saturated rings. The third-order valence-electron chi connectivity index (χ3n) is 9.58. The largest absolute Gasteiger partial charge is 0.393 e. The summed E-state index contributed by atoms with van der Waals surface area (Å²) in [5, 5.41) is 21.4. The van der Waals surface area contributed by atoms with Crippen molar-refractivity contribution in [2.24, 2.45) is 35.0 Å². The highest BCUT2D eigenvalue weighted by Crippen LogP contribution is 2.58. The molecule has 0 aromatic heterocycles. The van der Waals surface area contributed by atoms with Crippen LogP contribution in [0.3, 0.4) is 0 Å². The molecular weight excluding hydrogens is 368 g/mol. The fourth-order valence-corrected chi connectivity index (χ4v) is 7.54. The lowest BCUT2D eigenvalue weighted by Gasteiger charge is -2.54. The van der Waals surface area contributed by atoms with E-state index in [4.69, 9.17) is 0 Å². The maximum atomic E-state index is 11.2. The highest BCUT2D eigenvalue weighted by molar-refractivity contribution is 5.24. The van der Waals surface area contributed by atoms with Gasteiger partial charge in [0.1, 0.15) is 0 Å². The number of hydrogen-bond acceptors (Lipinski definition) is 2. The minimum absolute atomic E-state index is 0.108. The van der Waals surface area contributed by atoms with Crippen molar-refractivity contribution in [1.29, 1.82) is 0 Å². The summed E-state index contributed by atoms with van der Waals surface area (Å²) in [7, 11) is 0. The van der Waals surface area contributed by atoms with Gasteiger partial charge in [0.25, 0.3) is 0 Å². The third-order valence-corrected chi connectivity index (χ3v) is 9.58. The SMILES string of the molecule is CC[C@H](CC[C@@H]1CCC[C@H]2[C@H]1CC=C1C[C@@H](O)CC[C@@]12C)C(C)(O)CCCC(C)C. The van der Waals surface area contributed by atoms with Crippen LogP contribution in [-0.2, 0) is 0 Å². The number of aliphatic hydroxyl groups is 2. The van der Waals surface area contributed by atoms with Crippen LogP contribution in [0, 0.1) is 35.0 Å². The molecule has 3 aliphatic rings. The summed E-state index contributed by atoms with van der Waals surface area (Å²) in [5.74, 6) is 3.62. The van der Waals surface area contributed by atoms with Gasteiger partial charge in [-0.05, 0) is 93.3 Å². The van der Waals surface area contributed by atoms with E-state index in [1.165, 1.54) is 51.4 Å². The molecule has 0 bridgehead atoms. The average Bonchev–Trinajstić information content (AvgIpc) is 2.68. The average molecular weight is 419 g/mol. The molecule has 2 saturated carbocycles. The van der Waals surface area contributed by atoms with Crippen LogP contribution in [0.5, 0.6) is 0 Å². The Morgan fingerprint density at radius 3 is 2.67 bits per heavy atom. The van der Waals surface area contributed by atoms with E-state index < -0.39 is 5.60 Å². The molecule has 1 unspecified atom stereocenters. The van der Waals surface area contributed by atoms with Crippen LogP contribution >= 0.6 is 0 Å². The molecule has 30 heavy (non-hydrogen) atoms. The molecule has 0 aliphatic heterocycles. The van der Waals surface area contributed by atoms with E-state index in [1.54, 1.807) is 5.57 Å². The lowest BCUT2D eigenvalue weighted by molar-refractivity contribution is -0.0271. The van der Waals surface area contributed by atoms with Crippen LogP contribution in [0.1, 0.15) is 118 Å². The molecule has 3 rings (SSSR count). The molecule has 0 heterocycles. The van der Waals surface area contributed by atoms with E-state index in [-0.39, 0.29) is 6.10 Å². The van der Waals surface area contributed by atoms with E-state index >= 15 is 0 Å². The van der Waals surface area contributed by atoms with Gasteiger partial charge in [-0.1, -0.05) is 71.4 Å². The molecule has 7 atom stereocenters. The number of hydrogen-bond donors (Lipinski definition) is 2. The third kappa shape index (κ3) is 5.34. The second-order valence-corrected chi connectivity index (χ2v) is 12.1. The topological polar surface area (TPSA) is 40.5 Å². The maximum absolute atomic E-state index is 11.2. The second kappa shape index (κ2) is 10.1. The normalized spacial score (nSPS) is 37.1. The molecular formula is C28H50O2. The van der Waals surface area contributed by atoms with E-state index in [0.29, 0.717) is 11.3 Å². The summed E-state index contributed by atoms with van der Waals surface area (Å²) in [6.07, 6.45) is 17.8. The molecule has 0 aromatic carbocycles. The van der Waals surface area contributed by atoms with Gasteiger partial charge in [0.15, 0.2) is 0 Å². The zero-order chi connectivity index (χ0) is 21.9. The minimum Gasteiger partial charge on any atom is -0.393 e. The first kappa shape index (κ1) is 24.3. The number of allylic oxidation sites excluding steroid dienone is 1. The summed E-state index contributed by atoms with van der Waals surface area (Å²) < 4.78 is 0. The summed E-state index contributed by atoms with van der Waals surface area (Å²) in [6, 6.07) is 0. The van der Waals surface area contributed by atoms with E-state index in [9.17, 15) is 10.2 Å². The monoisotopic (exact) mass is 418 g/mol. The molecule has 2 N–H and O–H groups in total. The van der Waals surface area contributed by atoms with Crippen molar-refractivity contribution in [3.05, 3.63) is 11.6 Å². The quantitative estimate of drug-likeness (QED) is 0.386. The molecule has 0 radical (unpaired) electrons. The first-order valence-electron chi connectivity index (χ1n) is 13.3. The van der Waals surface area contributed by atoms with Crippen LogP contribution in [0.4, 0.5) is 0 Å². The molecule has 0 spiro atoms. The van der Waals surface area contributed by atoms with E-state index in [0.717, 1.165) is 55.8 Å². The fraction of sp³-hybridized carbons (Fsp3) is 0.929. The maximum Gasteiger partial charge on any atom is 0.0647 e. The van der Waals surface area contributed by atoms with Gasteiger partial charge in [0, 0.05) is 0 Å². The molecule has 174 valence electrons. The Morgan fingerprint density at radius 1 is 1.20 bits per heavy atom. The summed E-state index contributed by atoms with van der Waals surface area (Å²) in [5.41, 5.74) is 1.40. The van der Waals surface area contributed by atoms with Gasteiger partial charge in [0.2, 0.25) is 0 Å². The van der Waals surface area contributed by atoms with Crippen molar-refractivity contribution in [3.63, 3.8) is 0 Å². The second-order valence-electron chi connectivity index (χ2n) is 12.1. The highest BCUT2D eigenvalue weighted by atomic mass is 16.3. The molecule has 3 aliphatic carbocycles. The van der Waals surface area contributed by atoms with Crippen LogP contribution in [0.15, 0.2) is 11.6 Å². The van der Waals surface area contributed by atoms with Gasteiger partial charge in [-0.15, -0.1) is 0 Å². The first-order chi connectivity index (χ1) is 14.2. The van der Waals surface area contributed by atoms with Gasteiger partial charge in [0.05, 0.1) is 11.7 Å². The Bertz CT molecular complexity index is 577. The zero-order valence-corrected chi connectivity index (χ0v) is 20.6. The van der Waals surface area contributed by atoms with Crippen molar-refractivity contribution in [3.8, 4) is 0 Å². The van der Waals surface area contributed by atoms with Gasteiger partial charge < -0.3 is 10.2 Å². The van der Waals surface area contributed by atoms with Crippen molar-refractivity contribution < 1.29 is 10.2 Å². The van der Waals surface area contributed by atoms with Crippen LogP contribution in [-0.4, -0.2) is 21.9 Å². The molecule has 0 saturated heterocycles. The van der Waals surface area contributed by atoms with Gasteiger partial charge in [-0.3, -0.25) is 0 Å². The Hall–Kier alpha value is -0.340. The Kier molecular flexibility index (Phi) is 8.16. The predicted molar refractivity (Wildman–Crippen MR) is 127 cm³/mol. The fourth-order valence-electron chi connectivity index (χ4n) is 7.54. The van der Waals surface area contributed by atoms with Crippen molar-refractivity contribution in [2.45, 2.75) is 130 Å². The smallest absolute Gasteiger partial charge is 0.0647 e. The summed E-state index contributed by atoms with van der Waals surface area (Å²) in [6.45, 7) is 11.5. The number of aliphatic hydroxyl groups excluding tert-OH is 1. The predicted octanol–water partition coefficient (Wildman–Crippen LogP) is 7.28. The Morgan fingerprint density at radius 2 is 1.97 bits per heavy atom. The van der Waals surface area contributed by atoms with Gasteiger partial charge >= 0.3 is 0 Å². The Labute approximate surface area is 186 Å². The van der Waals surface area contributed by atoms with Gasteiger partial charge in [-0.2, -0.15) is 0 Å².